The molecule has 0 heterocycles. The van der Waals surface area contributed by atoms with E-state index in [1.165, 1.54) is 0 Å². The molecular formula is C12H24N2O. The minimum atomic E-state index is -0.427. The molecule has 2 N–H and O–H groups in total. The van der Waals surface area contributed by atoms with Crippen molar-refractivity contribution in [2.45, 2.75) is 46.2 Å². The molecule has 0 aromatic carbocycles. The summed E-state index contributed by atoms with van der Waals surface area (Å²) in [6.45, 7) is 14.1. The molecule has 0 fully saturated rings. The number of hydrogen-bond acceptors (Lipinski definition) is 2. The summed E-state index contributed by atoms with van der Waals surface area (Å²) in [6.07, 6.45) is 1.73. The maximum absolute atomic E-state index is 12.1. The van der Waals surface area contributed by atoms with Gasteiger partial charge in [0.2, 0.25) is 5.91 Å². The highest BCUT2D eigenvalue weighted by atomic mass is 16.2. The van der Waals surface area contributed by atoms with Gasteiger partial charge in [0, 0.05) is 12.1 Å². The summed E-state index contributed by atoms with van der Waals surface area (Å²) in [5.74, 6) is 0.157. The molecule has 0 aliphatic rings. The molecule has 0 unspecified atom stereocenters. The van der Waals surface area contributed by atoms with E-state index in [0.717, 1.165) is 0 Å². The molecule has 3 heteroatoms. The Bertz CT molecular complexity index is 228. The molecule has 3 nitrogen and oxygen atoms in total. The zero-order valence-corrected chi connectivity index (χ0v) is 10.6. The van der Waals surface area contributed by atoms with Crippen LogP contribution < -0.4 is 5.73 Å². The predicted octanol–water partition coefficient (Wildman–Crippen LogP) is 1.78. The zero-order chi connectivity index (χ0) is 12.2. The quantitative estimate of drug-likeness (QED) is 0.722. The summed E-state index contributed by atoms with van der Waals surface area (Å²) < 4.78 is 0. The molecule has 15 heavy (non-hydrogen) atoms. The molecule has 0 aliphatic carbocycles. The number of nitrogens with zero attached hydrogens (tertiary/aromatic N) is 1. The molecule has 0 spiro atoms. The van der Waals surface area contributed by atoms with Crippen molar-refractivity contribution in [3.63, 3.8) is 0 Å². The predicted molar refractivity (Wildman–Crippen MR) is 64.5 cm³/mol. The summed E-state index contributed by atoms with van der Waals surface area (Å²) in [5.41, 5.74) is 5.65. The SMILES string of the molecule is C=CCN(C(=O)[C@H](N)C(C)C)C(C)(C)C. The van der Waals surface area contributed by atoms with Gasteiger partial charge in [-0.25, -0.2) is 0 Å². The summed E-state index contributed by atoms with van der Waals surface area (Å²) in [5, 5.41) is 0. The van der Waals surface area contributed by atoms with Crippen LogP contribution in [0.25, 0.3) is 0 Å². The van der Waals surface area contributed by atoms with Gasteiger partial charge in [0.25, 0.3) is 0 Å². The first-order chi connectivity index (χ1) is 6.71. The van der Waals surface area contributed by atoms with Gasteiger partial charge in [-0.3, -0.25) is 4.79 Å². The molecule has 0 aromatic heterocycles. The van der Waals surface area contributed by atoms with Crippen molar-refractivity contribution in [1.82, 2.24) is 4.90 Å². The topological polar surface area (TPSA) is 46.3 Å². The molecule has 0 rings (SSSR count). The van der Waals surface area contributed by atoms with E-state index in [4.69, 9.17) is 5.73 Å². The fourth-order valence-electron chi connectivity index (χ4n) is 1.29. The van der Waals surface area contributed by atoms with Crippen LogP contribution in [-0.4, -0.2) is 28.9 Å². The third-order valence-electron chi connectivity index (χ3n) is 2.39. The molecular weight excluding hydrogens is 188 g/mol. The van der Waals surface area contributed by atoms with E-state index in [1.54, 1.807) is 11.0 Å². The van der Waals surface area contributed by atoms with Crippen molar-refractivity contribution in [3.8, 4) is 0 Å². The highest BCUT2D eigenvalue weighted by Crippen LogP contribution is 2.16. The Morgan fingerprint density at radius 3 is 2.20 bits per heavy atom. The summed E-state index contributed by atoms with van der Waals surface area (Å²) in [7, 11) is 0. The van der Waals surface area contributed by atoms with Gasteiger partial charge < -0.3 is 10.6 Å². The second-order valence-corrected chi connectivity index (χ2v) is 5.18. The van der Waals surface area contributed by atoms with E-state index >= 15 is 0 Å². The van der Waals surface area contributed by atoms with Crippen molar-refractivity contribution >= 4 is 5.91 Å². The molecule has 0 aliphatic heterocycles. The number of rotatable bonds is 4. The van der Waals surface area contributed by atoms with E-state index in [0.29, 0.717) is 6.54 Å². The van der Waals surface area contributed by atoms with Crippen LogP contribution in [0.5, 0.6) is 0 Å². The maximum Gasteiger partial charge on any atom is 0.240 e. The maximum atomic E-state index is 12.1. The average Bonchev–Trinajstić information content (AvgIpc) is 2.09. The van der Waals surface area contributed by atoms with Crippen LogP contribution in [0.3, 0.4) is 0 Å². The summed E-state index contributed by atoms with van der Waals surface area (Å²) in [4.78, 5) is 13.8. The van der Waals surface area contributed by atoms with Crippen molar-refractivity contribution in [2.75, 3.05) is 6.54 Å². The number of carbonyl (C=O) groups excluding carboxylic acids is 1. The molecule has 0 saturated carbocycles. The largest absolute Gasteiger partial charge is 0.333 e. The minimum absolute atomic E-state index is 0.00241. The molecule has 0 radical (unpaired) electrons. The lowest BCUT2D eigenvalue weighted by atomic mass is 9.99. The monoisotopic (exact) mass is 212 g/mol. The second kappa shape index (κ2) is 5.31. The van der Waals surface area contributed by atoms with E-state index in [9.17, 15) is 4.79 Å². The van der Waals surface area contributed by atoms with Gasteiger partial charge in [0.15, 0.2) is 0 Å². The smallest absolute Gasteiger partial charge is 0.240 e. The van der Waals surface area contributed by atoms with Crippen LogP contribution >= 0.6 is 0 Å². The molecule has 0 aromatic rings. The van der Waals surface area contributed by atoms with Crippen molar-refractivity contribution in [2.24, 2.45) is 11.7 Å². The van der Waals surface area contributed by atoms with Gasteiger partial charge in [-0.15, -0.1) is 6.58 Å². The van der Waals surface area contributed by atoms with Crippen molar-refractivity contribution in [3.05, 3.63) is 12.7 Å². The van der Waals surface area contributed by atoms with Crippen molar-refractivity contribution in [1.29, 1.82) is 0 Å². The Morgan fingerprint density at radius 2 is 1.93 bits per heavy atom. The Balaban J connectivity index is 4.78. The highest BCUT2D eigenvalue weighted by Gasteiger charge is 2.30. The van der Waals surface area contributed by atoms with Crippen LogP contribution in [0.2, 0.25) is 0 Å². The molecule has 0 bridgehead atoms. The number of hydrogen-bond donors (Lipinski definition) is 1. The molecule has 1 amide bonds. The van der Waals surface area contributed by atoms with Crippen molar-refractivity contribution < 1.29 is 4.79 Å². The van der Waals surface area contributed by atoms with Gasteiger partial charge in [0.1, 0.15) is 0 Å². The fourth-order valence-corrected chi connectivity index (χ4v) is 1.29. The first kappa shape index (κ1) is 14.2. The first-order valence-corrected chi connectivity index (χ1v) is 5.39. The van der Waals surface area contributed by atoms with Crippen LogP contribution in [0, 0.1) is 5.92 Å². The van der Waals surface area contributed by atoms with Gasteiger partial charge in [0.05, 0.1) is 6.04 Å². The van der Waals surface area contributed by atoms with E-state index in [-0.39, 0.29) is 17.4 Å². The van der Waals surface area contributed by atoms with Crippen LogP contribution in [0.4, 0.5) is 0 Å². The fraction of sp³-hybridized carbons (Fsp3) is 0.750. The lowest BCUT2D eigenvalue weighted by molar-refractivity contribution is -0.137. The van der Waals surface area contributed by atoms with Crippen LogP contribution in [-0.2, 0) is 4.79 Å². The highest BCUT2D eigenvalue weighted by molar-refractivity contribution is 5.82. The van der Waals surface area contributed by atoms with E-state index in [1.807, 2.05) is 34.6 Å². The lowest BCUT2D eigenvalue weighted by Crippen LogP contribution is -2.53. The second-order valence-electron chi connectivity index (χ2n) is 5.18. The van der Waals surface area contributed by atoms with Gasteiger partial charge in [-0.2, -0.15) is 0 Å². The number of carbonyl (C=O) groups is 1. The first-order valence-electron chi connectivity index (χ1n) is 5.39. The number of amides is 1. The molecule has 1 atom stereocenters. The van der Waals surface area contributed by atoms with Gasteiger partial charge >= 0.3 is 0 Å². The standard InChI is InChI=1S/C12H24N2O/c1-7-8-14(12(4,5)6)11(15)10(13)9(2)3/h7,9-10H,1,8,13H2,2-6H3/t10-/m1/s1. The van der Waals surface area contributed by atoms with Crippen LogP contribution in [0.15, 0.2) is 12.7 Å². The molecule has 88 valence electrons. The average molecular weight is 212 g/mol. The minimum Gasteiger partial charge on any atom is -0.333 e. The number of nitrogens with two attached hydrogens (primary N) is 1. The Morgan fingerprint density at radius 1 is 1.47 bits per heavy atom. The molecule has 0 saturated heterocycles. The van der Waals surface area contributed by atoms with E-state index < -0.39 is 6.04 Å². The summed E-state index contributed by atoms with van der Waals surface area (Å²) in [6, 6.07) is -0.427. The Hall–Kier alpha value is -0.830. The van der Waals surface area contributed by atoms with E-state index in [2.05, 4.69) is 6.58 Å². The lowest BCUT2D eigenvalue weighted by Gasteiger charge is -2.37. The Labute approximate surface area is 93.3 Å². The third kappa shape index (κ3) is 4.04. The summed E-state index contributed by atoms with van der Waals surface area (Å²) >= 11 is 0. The van der Waals surface area contributed by atoms with Gasteiger partial charge in [-0.05, 0) is 26.7 Å². The zero-order valence-electron chi connectivity index (χ0n) is 10.6. The van der Waals surface area contributed by atoms with Gasteiger partial charge in [-0.1, -0.05) is 19.9 Å². The third-order valence-corrected chi connectivity index (χ3v) is 2.39. The normalized spacial score (nSPS) is 13.8. The van der Waals surface area contributed by atoms with Crippen LogP contribution in [0.1, 0.15) is 34.6 Å². The Kier molecular flexibility index (Phi) is 5.01.